The number of hydrogen-bond acceptors (Lipinski definition) is 10. The number of fused-ring (bicyclic) bond motifs is 1. The summed E-state index contributed by atoms with van der Waals surface area (Å²) in [4.78, 5) is 32.1. The molecule has 0 atom stereocenters. The summed E-state index contributed by atoms with van der Waals surface area (Å²) in [5, 5.41) is 5.52. The van der Waals surface area contributed by atoms with Gasteiger partial charge in [0.05, 0.1) is 43.6 Å². The lowest BCUT2D eigenvalue weighted by atomic mass is 10.1. The van der Waals surface area contributed by atoms with Crippen molar-refractivity contribution in [3.63, 3.8) is 0 Å². The summed E-state index contributed by atoms with van der Waals surface area (Å²) in [5.41, 5.74) is 2.26. The molecule has 0 amide bonds. The fourth-order valence-corrected chi connectivity index (χ4v) is 4.01. The van der Waals surface area contributed by atoms with E-state index in [1.54, 1.807) is 12.4 Å². The number of nitrogens with zero attached hydrogens (tertiary/aromatic N) is 7. The van der Waals surface area contributed by atoms with Gasteiger partial charge in [-0.3, -0.25) is 4.79 Å². The molecule has 2 aliphatic rings. The molecule has 0 aromatic carbocycles. The van der Waals surface area contributed by atoms with Gasteiger partial charge in [-0.15, -0.1) is 0 Å². The molecular formula is C21H25N7O4. The van der Waals surface area contributed by atoms with Crippen molar-refractivity contribution in [1.82, 2.24) is 29.7 Å². The number of methoxy groups -OCH3 is 1. The van der Waals surface area contributed by atoms with Crippen molar-refractivity contribution in [3.8, 4) is 11.3 Å². The van der Waals surface area contributed by atoms with Crippen LogP contribution in [-0.4, -0.2) is 82.3 Å². The Hall–Kier alpha value is -3.18. The van der Waals surface area contributed by atoms with Gasteiger partial charge in [0.15, 0.2) is 5.65 Å². The first-order valence-corrected chi connectivity index (χ1v) is 10.8. The van der Waals surface area contributed by atoms with E-state index in [0.29, 0.717) is 25.0 Å². The quantitative estimate of drug-likeness (QED) is 0.536. The van der Waals surface area contributed by atoms with E-state index in [0.717, 1.165) is 61.4 Å². The van der Waals surface area contributed by atoms with Gasteiger partial charge in [-0.1, -0.05) is 0 Å². The van der Waals surface area contributed by atoms with Gasteiger partial charge in [0.1, 0.15) is 12.2 Å². The van der Waals surface area contributed by atoms with Crippen LogP contribution in [0.2, 0.25) is 0 Å². The van der Waals surface area contributed by atoms with E-state index >= 15 is 0 Å². The zero-order chi connectivity index (χ0) is 21.9. The van der Waals surface area contributed by atoms with Gasteiger partial charge in [-0.2, -0.15) is 10.1 Å². The molecule has 2 aliphatic heterocycles. The van der Waals surface area contributed by atoms with Crippen LogP contribution in [-0.2, 0) is 25.4 Å². The number of rotatable bonds is 5. The van der Waals surface area contributed by atoms with Crippen LogP contribution >= 0.6 is 0 Å². The molecule has 0 N–H and O–H groups in total. The maximum Gasteiger partial charge on any atom is 0.313 e. The summed E-state index contributed by atoms with van der Waals surface area (Å²) in [6, 6.07) is 0.236. The molecule has 0 bridgehead atoms. The van der Waals surface area contributed by atoms with Crippen LogP contribution in [0.3, 0.4) is 0 Å². The van der Waals surface area contributed by atoms with Gasteiger partial charge in [0.2, 0.25) is 5.95 Å². The second kappa shape index (κ2) is 9.13. The molecule has 0 spiro atoms. The van der Waals surface area contributed by atoms with Crippen molar-refractivity contribution < 1.29 is 19.0 Å². The molecule has 168 valence electrons. The van der Waals surface area contributed by atoms with E-state index in [2.05, 4.69) is 20.0 Å². The van der Waals surface area contributed by atoms with Crippen LogP contribution in [0.15, 0.2) is 18.6 Å². The largest absolute Gasteiger partial charge is 0.469 e. The van der Waals surface area contributed by atoms with E-state index in [1.807, 2.05) is 10.9 Å². The molecule has 32 heavy (non-hydrogen) atoms. The average Bonchev–Trinajstić information content (AvgIpc) is 3.29. The molecule has 5 rings (SSSR count). The van der Waals surface area contributed by atoms with E-state index < -0.39 is 0 Å². The summed E-state index contributed by atoms with van der Waals surface area (Å²) >= 11 is 0. The monoisotopic (exact) mass is 439 g/mol. The summed E-state index contributed by atoms with van der Waals surface area (Å²) in [6.07, 6.45) is 6.99. The molecule has 2 fully saturated rings. The lowest BCUT2D eigenvalue weighted by molar-refractivity contribution is -0.139. The molecule has 11 nitrogen and oxygen atoms in total. The van der Waals surface area contributed by atoms with Crippen LogP contribution < -0.4 is 4.90 Å². The van der Waals surface area contributed by atoms with Gasteiger partial charge < -0.3 is 19.1 Å². The Bertz CT molecular complexity index is 1090. The first-order valence-electron chi connectivity index (χ1n) is 10.8. The van der Waals surface area contributed by atoms with Crippen molar-refractivity contribution in [2.45, 2.75) is 25.3 Å². The zero-order valence-electron chi connectivity index (χ0n) is 17.9. The molecular weight excluding hydrogens is 414 g/mol. The molecule has 0 saturated carbocycles. The van der Waals surface area contributed by atoms with Crippen LogP contribution in [0.4, 0.5) is 5.95 Å². The average molecular weight is 439 g/mol. The van der Waals surface area contributed by atoms with Crippen molar-refractivity contribution in [3.05, 3.63) is 24.4 Å². The van der Waals surface area contributed by atoms with Crippen LogP contribution in [0.1, 0.15) is 24.7 Å². The summed E-state index contributed by atoms with van der Waals surface area (Å²) < 4.78 is 17.7. The van der Waals surface area contributed by atoms with Crippen LogP contribution in [0, 0.1) is 0 Å². The summed E-state index contributed by atoms with van der Waals surface area (Å²) in [7, 11) is 1.34. The lowest BCUT2D eigenvalue weighted by Gasteiger charge is -2.27. The Morgan fingerprint density at radius 2 is 1.78 bits per heavy atom. The first kappa shape index (κ1) is 20.7. The van der Waals surface area contributed by atoms with E-state index in [4.69, 9.17) is 24.2 Å². The highest BCUT2D eigenvalue weighted by atomic mass is 16.5. The van der Waals surface area contributed by atoms with Gasteiger partial charge in [-0.05, 0) is 12.8 Å². The number of hydrogen-bond donors (Lipinski definition) is 0. The molecule has 3 aromatic heterocycles. The van der Waals surface area contributed by atoms with Gasteiger partial charge in [-0.25, -0.2) is 19.6 Å². The van der Waals surface area contributed by atoms with Crippen molar-refractivity contribution in [1.29, 1.82) is 0 Å². The second-order valence-corrected chi connectivity index (χ2v) is 7.78. The Balaban J connectivity index is 1.57. The molecule has 5 heterocycles. The molecule has 3 aromatic rings. The Morgan fingerprint density at radius 1 is 1.06 bits per heavy atom. The van der Waals surface area contributed by atoms with Gasteiger partial charge in [0.25, 0.3) is 0 Å². The minimum absolute atomic E-state index is 0.0245. The van der Waals surface area contributed by atoms with Crippen LogP contribution in [0.25, 0.3) is 22.3 Å². The van der Waals surface area contributed by atoms with E-state index in [9.17, 15) is 4.79 Å². The van der Waals surface area contributed by atoms with Crippen molar-refractivity contribution in [2.24, 2.45) is 0 Å². The van der Waals surface area contributed by atoms with Crippen molar-refractivity contribution >= 4 is 23.0 Å². The maximum atomic E-state index is 11.5. The topological polar surface area (TPSA) is 117 Å². The standard InChI is InChI=1S/C21H25N7O4/c1-30-18(29)10-17-22-11-14(12-23-17)19-16-13-24-28(15-2-6-31-7-3-15)20(16)26-21(25-19)27-4-8-32-9-5-27/h11-13,15H,2-10H2,1H3. The second-order valence-electron chi connectivity index (χ2n) is 7.78. The molecule has 2 saturated heterocycles. The van der Waals surface area contributed by atoms with E-state index in [-0.39, 0.29) is 18.4 Å². The maximum absolute atomic E-state index is 11.5. The number of anilines is 1. The zero-order valence-corrected chi connectivity index (χ0v) is 17.9. The number of aromatic nitrogens is 6. The van der Waals surface area contributed by atoms with Gasteiger partial charge in [0, 0.05) is 44.3 Å². The third kappa shape index (κ3) is 4.13. The molecule has 0 aliphatic carbocycles. The Labute approximate surface area is 184 Å². The molecule has 11 heteroatoms. The lowest BCUT2D eigenvalue weighted by Crippen LogP contribution is -2.37. The van der Waals surface area contributed by atoms with Gasteiger partial charge >= 0.3 is 5.97 Å². The third-order valence-corrected chi connectivity index (χ3v) is 5.78. The smallest absolute Gasteiger partial charge is 0.313 e. The first-order chi connectivity index (χ1) is 15.7. The highest BCUT2D eigenvalue weighted by Crippen LogP contribution is 2.31. The Morgan fingerprint density at radius 3 is 2.50 bits per heavy atom. The fourth-order valence-electron chi connectivity index (χ4n) is 4.01. The minimum Gasteiger partial charge on any atom is -0.469 e. The number of carbonyl (C=O) groups excluding carboxylic acids is 1. The molecule has 0 radical (unpaired) electrons. The van der Waals surface area contributed by atoms with E-state index in [1.165, 1.54) is 7.11 Å². The third-order valence-electron chi connectivity index (χ3n) is 5.78. The molecule has 0 unspecified atom stereocenters. The summed E-state index contributed by atoms with van der Waals surface area (Å²) in [5.74, 6) is 0.662. The predicted molar refractivity (Wildman–Crippen MR) is 114 cm³/mol. The summed E-state index contributed by atoms with van der Waals surface area (Å²) in [6.45, 7) is 4.17. The SMILES string of the molecule is COC(=O)Cc1ncc(-c2nc(N3CCOCC3)nc3c2cnn3C2CCOCC2)cn1. The predicted octanol–water partition coefficient (Wildman–Crippen LogP) is 1.19. The van der Waals surface area contributed by atoms with Crippen LogP contribution in [0.5, 0.6) is 0 Å². The number of esters is 1. The van der Waals surface area contributed by atoms with Crippen molar-refractivity contribution in [2.75, 3.05) is 51.5 Å². The number of morpholine rings is 1. The number of carbonyl (C=O) groups is 1. The fraction of sp³-hybridized carbons (Fsp3) is 0.524. The minimum atomic E-state index is -0.380. The Kier molecular flexibility index (Phi) is 5.91. The highest BCUT2D eigenvalue weighted by Gasteiger charge is 2.24. The normalized spacial score (nSPS) is 17.6. The highest BCUT2D eigenvalue weighted by molar-refractivity contribution is 5.91. The number of ether oxygens (including phenoxy) is 3.